The fourth-order valence-electron chi connectivity index (χ4n) is 3.50. The number of halogens is 3. The summed E-state index contributed by atoms with van der Waals surface area (Å²) in [5.74, 6) is -0.258. The van der Waals surface area contributed by atoms with Crippen molar-refractivity contribution in [1.82, 2.24) is 14.8 Å². The van der Waals surface area contributed by atoms with Gasteiger partial charge < -0.3 is 5.32 Å². The molecule has 8 heteroatoms. The number of nitrogens with one attached hydrogen (secondary N) is 1. The average molecular weight is 424 g/mol. The quantitative estimate of drug-likeness (QED) is 0.488. The zero-order chi connectivity index (χ0) is 22.2. The lowest BCUT2D eigenvalue weighted by Crippen LogP contribution is -2.15. The smallest absolute Gasteiger partial charge is 0.324 e. The van der Waals surface area contributed by atoms with Crippen LogP contribution in [0.5, 0.6) is 0 Å². The van der Waals surface area contributed by atoms with Gasteiger partial charge in [0.25, 0.3) is 0 Å². The Hall–Kier alpha value is -3.68. The summed E-state index contributed by atoms with van der Waals surface area (Å²) in [7, 11) is 0. The highest BCUT2D eigenvalue weighted by molar-refractivity contribution is 5.94. The molecule has 0 aliphatic carbocycles. The Bertz CT molecular complexity index is 1280. The summed E-state index contributed by atoms with van der Waals surface area (Å²) in [6, 6.07) is 14.4. The van der Waals surface area contributed by atoms with E-state index < -0.39 is 11.7 Å². The number of amides is 1. The molecule has 5 nitrogen and oxygen atoms in total. The summed E-state index contributed by atoms with van der Waals surface area (Å²) < 4.78 is 40.6. The zero-order valence-corrected chi connectivity index (χ0v) is 16.9. The number of aromatic nitrogens is 3. The van der Waals surface area contributed by atoms with E-state index in [1.54, 1.807) is 26.1 Å². The van der Waals surface area contributed by atoms with Crippen molar-refractivity contribution in [2.24, 2.45) is 0 Å². The molecule has 2 aromatic carbocycles. The monoisotopic (exact) mass is 424 g/mol. The predicted octanol–water partition coefficient (Wildman–Crippen LogP) is 5.24. The Morgan fingerprint density at radius 3 is 2.61 bits per heavy atom. The van der Waals surface area contributed by atoms with Gasteiger partial charge in [-0.1, -0.05) is 24.3 Å². The van der Waals surface area contributed by atoms with Gasteiger partial charge in [0.1, 0.15) is 0 Å². The maximum Gasteiger partial charge on any atom is 0.416 e. The lowest BCUT2D eigenvalue weighted by atomic mass is 10.1. The van der Waals surface area contributed by atoms with Gasteiger partial charge >= 0.3 is 6.18 Å². The van der Waals surface area contributed by atoms with E-state index in [4.69, 9.17) is 0 Å². The highest BCUT2D eigenvalue weighted by Crippen LogP contribution is 2.31. The molecule has 31 heavy (non-hydrogen) atoms. The molecule has 0 saturated heterocycles. The van der Waals surface area contributed by atoms with Crippen molar-refractivity contribution in [3.8, 4) is 5.69 Å². The summed E-state index contributed by atoms with van der Waals surface area (Å²) >= 11 is 0. The van der Waals surface area contributed by atoms with Gasteiger partial charge in [-0.2, -0.15) is 18.3 Å². The van der Waals surface area contributed by atoms with Crippen molar-refractivity contribution in [3.63, 3.8) is 0 Å². The van der Waals surface area contributed by atoms with Crippen molar-refractivity contribution >= 4 is 22.5 Å². The molecule has 0 aliphatic heterocycles. The van der Waals surface area contributed by atoms with Crippen molar-refractivity contribution in [1.29, 1.82) is 0 Å². The van der Waals surface area contributed by atoms with Crippen LogP contribution in [-0.2, 0) is 17.4 Å². The first-order chi connectivity index (χ1) is 14.7. The van der Waals surface area contributed by atoms with Crippen LogP contribution in [0, 0.1) is 13.8 Å². The van der Waals surface area contributed by atoms with Crippen LogP contribution in [0.25, 0.3) is 16.6 Å². The van der Waals surface area contributed by atoms with Crippen molar-refractivity contribution in [3.05, 3.63) is 83.3 Å². The Morgan fingerprint density at radius 2 is 1.84 bits per heavy atom. The fraction of sp³-hybridized carbons (Fsp3) is 0.174. The van der Waals surface area contributed by atoms with Gasteiger partial charge in [0, 0.05) is 16.6 Å². The highest BCUT2D eigenvalue weighted by atomic mass is 19.4. The van der Waals surface area contributed by atoms with Gasteiger partial charge in [0.05, 0.1) is 40.8 Å². The van der Waals surface area contributed by atoms with Crippen LogP contribution in [0.4, 0.5) is 18.9 Å². The SMILES string of the molecule is Cc1nn(-c2cccc(C(F)(F)F)c2)c(C)c1CC(=O)Nc1cnc2ccccc2c1. The molecule has 0 fully saturated rings. The summed E-state index contributed by atoms with van der Waals surface area (Å²) in [4.78, 5) is 17.0. The number of aryl methyl sites for hydroxylation is 1. The fourth-order valence-corrected chi connectivity index (χ4v) is 3.50. The average Bonchev–Trinajstić information content (AvgIpc) is 3.01. The van der Waals surface area contributed by atoms with Crippen molar-refractivity contribution in [2.45, 2.75) is 26.4 Å². The van der Waals surface area contributed by atoms with Gasteiger partial charge in [-0.15, -0.1) is 0 Å². The van der Waals surface area contributed by atoms with E-state index in [1.807, 2.05) is 30.3 Å². The minimum atomic E-state index is -4.44. The van der Waals surface area contributed by atoms with Crippen LogP contribution in [0.1, 0.15) is 22.5 Å². The first-order valence-electron chi connectivity index (χ1n) is 9.60. The number of fused-ring (bicyclic) bond motifs is 1. The van der Waals surface area contributed by atoms with Crippen LogP contribution in [0.2, 0.25) is 0 Å². The molecule has 1 N–H and O–H groups in total. The molecule has 1 amide bonds. The highest BCUT2D eigenvalue weighted by Gasteiger charge is 2.30. The van der Waals surface area contributed by atoms with Crippen molar-refractivity contribution < 1.29 is 18.0 Å². The molecule has 0 aliphatic rings. The first-order valence-corrected chi connectivity index (χ1v) is 9.60. The number of carbonyl (C=O) groups is 1. The molecule has 0 unspecified atom stereocenters. The predicted molar refractivity (Wildman–Crippen MR) is 112 cm³/mol. The van der Waals surface area contributed by atoms with Crippen LogP contribution in [0.15, 0.2) is 60.8 Å². The normalized spacial score (nSPS) is 11.6. The van der Waals surface area contributed by atoms with Crippen LogP contribution in [0.3, 0.4) is 0 Å². The number of alkyl halides is 3. The number of hydrogen-bond donors (Lipinski definition) is 1. The number of rotatable bonds is 4. The Morgan fingerprint density at radius 1 is 1.06 bits per heavy atom. The van der Waals surface area contributed by atoms with Gasteiger partial charge in [-0.05, 0) is 44.2 Å². The topological polar surface area (TPSA) is 59.8 Å². The molecule has 0 bridgehead atoms. The first kappa shape index (κ1) is 20.6. The second kappa shape index (κ2) is 7.86. The van der Waals surface area contributed by atoms with Gasteiger partial charge in [0.2, 0.25) is 5.91 Å². The van der Waals surface area contributed by atoms with E-state index in [1.165, 1.54) is 10.7 Å². The molecule has 0 radical (unpaired) electrons. The van der Waals surface area contributed by atoms with Crippen LogP contribution in [-0.4, -0.2) is 20.7 Å². The lowest BCUT2D eigenvalue weighted by Gasteiger charge is -2.10. The molecule has 0 saturated carbocycles. The Kier molecular flexibility index (Phi) is 5.22. The largest absolute Gasteiger partial charge is 0.416 e. The second-order valence-corrected chi connectivity index (χ2v) is 7.25. The van der Waals surface area contributed by atoms with E-state index in [0.29, 0.717) is 28.3 Å². The van der Waals surface area contributed by atoms with Gasteiger partial charge in [0.15, 0.2) is 0 Å². The molecule has 4 aromatic rings. The third kappa shape index (κ3) is 4.28. The van der Waals surface area contributed by atoms with Gasteiger partial charge in [-0.3, -0.25) is 9.78 Å². The van der Waals surface area contributed by atoms with E-state index >= 15 is 0 Å². The number of benzene rings is 2. The summed E-state index contributed by atoms with van der Waals surface area (Å²) in [6.07, 6.45) is -2.81. The molecule has 0 atom stereocenters. The van der Waals surface area contributed by atoms with Crippen LogP contribution >= 0.6 is 0 Å². The molecular weight excluding hydrogens is 405 g/mol. The van der Waals surface area contributed by atoms with Crippen LogP contribution < -0.4 is 5.32 Å². The number of pyridine rings is 1. The van der Waals surface area contributed by atoms with E-state index in [-0.39, 0.29) is 12.3 Å². The second-order valence-electron chi connectivity index (χ2n) is 7.25. The minimum absolute atomic E-state index is 0.0451. The number of carbonyl (C=O) groups excluding carboxylic acids is 1. The lowest BCUT2D eigenvalue weighted by molar-refractivity contribution is -0.137. The molecular formula is C23H19F3N4O. The van der Waals surface area contributed by atoms with E-state index in [9.17, 15) is 18.0 Å². The summed E-state index contributed by atoms with van der Waals surface area (Å²) in [6.45, 7) is 3.47. The maximum atomic E-state index is 13.1. The summed E-state index contributed by atoms with van der Waals surface area (Å²) in [5, 5.41) is 8.10. The zero-order valence-electron chi connectivity index (χ0n) is 16.9. The number of para-hydroxylation sites is 1. The van der Waals surface area contributed by atoms with E-state index in [2.05, 4.69) is 15.4 Å². The molecule has 2 heterocycles. The Balaban J connectivity index is 1.56. The molecule has 4 rings (SSSR count). The number of nitrogens with zero attached hydrogens (tertiary/aromatic N) is 3. The maximum absolute atomic E-state index is 13.1. The summed E-state index contributed by atoms with van der Waals surface area (Å²) in [5.41, 5.74) is 2.81. The standard InChI is InChI=1S/C23H19F3N4O/c1-14-20(12-22(31)28-18-10-16-6-3-4-9-21(16)27-13-18)15(2)30(29-14)19-8-5-7-17(11-19)23(24,25)26/h3-11,13H,12H2,1-2H3,(H,28,31). The van der Waals surface area contributed by atoms with Gasteiger partial charge in [-0.25, -0.2) is 4.68 Å². The Labute approximate surface area is 176 Å². The van der Waals surface area contributed by atoms with Crippen molar-refractivity contribution in [2.75, 3.05) is 5.32 Å². The van der Waals surface area contributed by atoms with E-state index in [0.717, 1.165) is 23.0 Å². The molecule has 0 spiro atoms. The minimum Gasteiger partial charge on any atom is -0.324 e. The number of anilines is 1. The number of hydrogen-bond acceptors (Lipinski definition) is 3. The molecule has 2 aromatic heterocycles. The third-order valence-electron chi connectivity index (χ3n) is 5.07. The third-order valence-corrected chi connectivity index (χ3v) is 5.07. The molecule has 158 valence electrons.